The molecule has 0 aliphatic carbocycles. The van der Waals surface area contributed by atoms with Gasteiger partial charge in [-0.25, -0.2) is 13.4 Å². The fourth-order valence-corrected chi connectivity index (χ4v) is 7.58. The Bertz CT molecular complexity index is 1360. The molecular weight excluding hydrogens is 466 g/mol. The number of thiophene rings is 1. The van der Waals surface area contributed by atoms with Crippen molar-refractivity contribution in [3.63, 3.8) is 0 Å². The molecule has 0 unspecified atom stereocenters. The molecule has 1 atom stereocenters. The minimum atomic E-state index is -3.71. The number of aromatic nitrogens is 1. The Balaban J connectivity index is 1.40. The summed E-state index contributed by atoms with van der Waals surface area (Å²) in [6, 6.07) is 14.9. The number of sulfonamides is 1. The van der Waals surface area contributed by atoms with E-state index in [1.165, 1.54) is 21.7 Å². The van der Waals surface area contributed by atoms with Crippen molar-refractivity contribution in [1.29, 1.82) is 0 Å². The van der Waals surface area contributed by atoms with Crippen LogP contribution >= 0.6 is 22.7 Å². The van der Waals surface area contributed by atoms with Gasteiger partial charge in [0.1, 0.15) is 21.0 Å². The van der Waals surface area contributed by atoms with E-state index >= 15 is 0 Å². The summed E-state index contributed by atoms with van der Waals surface area (Å²) >= 11 is 2.59. The molecular formula is C22H19N3O4S3. The molecule has 2 aromatic heterocycles. The Morgan fingerprint density at radius 1 is 1.16 bits per heavy atom. The summed E-state index contributed by atoms with van der Waals surface area (Å²) in [5.41, 5.74) is 1.82. The summed E-state index contributed by atoms with van der Waals surface area (Å²) in [5, 5.41) is 15.6. The summed E-state index contributed by atoms with van der Waals surface area (Å²) in [4.78, 5) is 17.6. The highest BCUT2D eigenvalue weighted by Crippen LogP contribution is 2.37. The van der Waals surface area contributed by atoms with Crippen LogP contribution in [0.2, 0.25) is 0 Å². The minimum Gasteiger partial charge on any atom is -0.507 e. The number of thiazole rings is 1. The first kappa shape index (κ1) is 21.1. The van der Waals surface area contributed by atoms with Gasteiger partial charge in [0, 0.05) is 12.2 Å². The molecule has 1 aliphatic heterocycles. The van der Waals surface area contributed by atoms with E-state index in [1.807, 2.05) is 24.3 Å². The number of benzene rings is 2. The number of phenolic OH excluding ortho intramolecular Hbond substituents is 1. The largest absolute Gasteiger partial charge is 0.507 e. The number of phenols is 1. The highest BCUT2D eigenvalue weighted by molar-refractivity contribution is 7.91. The van der Waals surface area contributed by atoms with Gasteiger partial charge in [-0.2, -0.15) is 4.31 Å². The van der Waals surface area contributed by atoms with E-state index in [0.29, 0.717) is 35.6 Å². The molecule has 0 saturated carbocycles. The molecule has 4 aromatic rings. The van der Waals surface area contributed by atoms with Crippen LogP contribution in [0.4, 0.5) is 5.69 Å². The molecule has 3 heterocycles. The molecule has 0 bridgehead atoms. The van der Waals surface area contributed by atoms with Crippen molar-refractivity contribution in [3.8, 4) is 16.3 Å². The zero-order valence-corrected chi connectivity index (χ0v) is 19.2. The number of nitrogens with zero attached hydrogens (tertiary/aromatic N) is 2. The first-order valence-electron chi connectivity index (χ1n) is 9.99. The van der Waals surface area contributed by atoms with E-state index < -0.39 is 16.1 Å². The Morgan fingerprint density at radius 3 is 2.78 bits per heavy atom. The maximum Gasteiger partial charge on any atom is 0.253 e. The van der Waals surface area contributed by atoms with Gasteiger partial charge in [-0.1, -0.05) is 18.2 Å². The van der Waals surface area contributed by atoms with Crippen LogP contribution in [0.15, 0.2) is 64.2 Å². The van der Waals surface area contributed by atoms with E-state index in [1.54, 1.807) is 29.6 Å². The van der Waals surface area contributed by atoms with Gasteiger partial charge in [-0.15, -0.1) is 22.7 Å². The van der Waals surface area contributed by atoms with E-state index in [-0.39, 0.29) is 15.9 Å². The summed E-state index contributed by atoms with van der Waals surface area (Å²) in [5.74, 6) is -0.326. The van der Waals surface area contributed by atoms with E-state index in [2.05, 4.69) is 10.3 Å². The standard InChI is InChI=1S/C22H19N3O4S3/c26-18-10-9-14(13-15(18)22-24-16-5-1-2-7-19(16)31-22)23-21(27)17-6-3-11-25(17)32(28,29)20-8-4-12-30-20/h1-2,4-5,7-10,12-13,17,26H,3,6,11H2,(H,23,27)/t17-/m1/s1. The first-order valence-corrected chi connectivity index (χ1v) is 13.1. The van der Waals surface area contributed by atoms with E-state index in [9.17, 15) is 18.3 Å². The van der Waals surface area contributed by atoms with Crippen LogP contribution in [0.1, 0.15) is 12.8 Å². The first-order chi connectivity index (χ1) is 15.4. The number of aromatic hydroxyl groups is 1. The molecule has 0 spiro atoms. The van der Waals surface area contributed by atoms with Crippen LogP contribution in [-0.4, -0.2) is 41.3 Å². The molecule has 10 heteroatoms. The van der Waals surface area contributed by atoms with Gasteiger partial charge in [-0.3, -0.25) is 4.79 Å². The highest BCUT2D eigenvalue weighted by Gasteiger charge is 2.39. The Labute approximate surface area is 193 Å². The van der Waals surface area contributed by atoms with Crippen LogP contribution in [0, 0.1) is 0 Å². The predicted molar refractivity (Wildman–Crippen MR) is 127 cm³/mol. The third kappa shape index (κ3) is 3.79. The van der Waals surface area contributed by atoms with Gasteiger partial charge in [-0.05, 0) is 54.6 Å². The number of amides is 1. The fraction of sp³-hybridized carbons (Fsp3) is 0.182. The van der Waals surface area contributed by atoms with Crippen LogP contribution in [0.25, 0.3) is 20.8 Å². The summed E-state index contributed by atoms with van der Waals surface area (Å²) in [6.07, 6.45) is 1.08. The van der Waals surface area contributed by atoms with Crippen LogP contribution in [0.5, 0.6) is 5.75 Å². The lowest BCUT2D eigenvalue weighted by Crippen LogP contribution is -2.42. The topological polar surface area (TPSA) is 99.6 Å². The lowest BCUT2D eigenvalue weighted by Gasteiger charge is -2.22. The maximum atomic E-state index is 13.0. The smallest absolute Gasteiger partial charge is 0.253 e. The molecule has 1 amide bonds. The predicted octanol–water partition coefficient (Wildman–Crippen LogP) is 4.52. The number of para-hydroxylation sites is 1. The average Bonchev–Trinajstić information content (AvgIpc) is 3.55. The van der Waals surface area contributed by atoms with Gasteiger partial charge in [0.2, 0.25) is 5.91 Å². The lowest BCUT2D eigenvalue weighted by molar-refractivity contribution is -0.119. The van der Waals surface area contributed by atoms with Crippen molar-refractivity contribution in [2.24, 2.45) is 0 Å². The number of carbonyl (C=O) groups is 1. The van der Waals surface area contributed by atoms with Crippen LogP contribution < -0.4 is 5.32 Å². The fourth-order valence-electron chi connectivity index (χ4n) is 3.81. The molecule has 1 aliphatic rings. The molecule has 7 nitrogen and oxygen atoms in total. The number of rotatable bonds is 5. The number of anilines is 1. The van der Waals surface area contributed by atoms with Crippen LogP contribution in [0.3, 0.4) is 0 Å². The summed E-state index contributed by atoms with van der Waals surface area (Å²) in [7, 11) is -3.71. The zero-order chi connectivity index (χ0) is 22.3. The van der Waals surface area contributed by atoms with Crippen molar-refractivity contribution in [1.82, 2.24) is 9.29 Å². The molecule has 2 aromatic carbocycles. The zero-order valence-electron chi connectivity index (χ0n) is 16.8. The van der Waals surface area contributed by atoms with E-state index in [0.717, 1.165) is 21.6 Å². The SMILES string of the molecule is O=C(Nc1ccc(O)c(-c2nc3ccccc3s2)c1)[C@H]1CCCN1S(=O)(=O)c1cccs1. The van der Waals surface area contributed by atoms with Crippen molar-refractivity contribution in [2.75, 3.05) is 11.9 Å². The Morgan fingerprint density at radius 2 is 2.00 bits per heavy atom. The molecule has 0 radical (unpaired) electrons. The van der Waals surface area contributed by atoms with Crippen LogP contribution in [-0.2, 0) is 14.8 Å². The van der Waals surface area contributed by atoms with Crippen molar-refractivity contribution in [3.05, 3.63) is 60.0 Å². The van der Waals surface area contributed by atoms with Gasteiger partial charge >= 0.3 is 0 Å². The lowest BCUT2D eigenvalue weighted by atomic mass is 10.1. The second-order valence-electron chi connectivity index (χ2n) is 7.41. The third-order valence-electron chi connectivity index (χ3n) is 5.35. The van der Waals surface area contributed by atoms with Crippen molar-refractivity contribution >= 4 is 54.5 Å². The number of nitrogens with one attached hydrogen (secondary N) is 1. The maximum absolute atomic E-state index is 13.0. The second kappa shape index (κ2) is 8.28. The van der Waals surface area contributed by atoms with Gasteiger partial charge in [0.15, 0.2) is 0 Å². The molecule has 5 rings (SSSR count). The molecule has 1 saturated heterocycles. The van der Waals surface area contributed by atoms with Gasteiger partial charge in [0.05, 0.1) is 15.8 Å². The van der Waals surface area contributed by atoms with Crippen molar-refractivity contribution in [2.45, 2.75) is 23.1 Å². The third-order valence-corrected chi connectivity index (χ3v) is 9.70. The highest BCUT2D eigenvalue weighted by atomic mass is 32.2. The second-order valence-corrected chi connectivity index (χ2v) is 11.5. The molecule has 32 heavy (non-hydrogen) atoms. The Kier molecular flexibility index (Phi) is 5.46. The van der Waals surface area contributed by atoms with Gasteiger partial charge in [0.25, 0.3) is 10.0 Å². The van der Waals surface area contributed by atoms with Gasteiger partial charge < -0.3 is 10.4 Å². The number of carbonyl (C=O) groups excluding carboxylic acids is 1. The number of hydrogen-bond donors (Lipinski definition) is 2. The average molecular weight is 486 g/mol. The number of fused-ring (bicyclic) bond motifs is 1. The summed E-state index contributed by atoms with van der Waals surface area (Å²) < 4.78 is 28.4. The Hall–Kier alpha value is -2.79. The minimum absolute atomic E-state index is 0.0600. The molecule has 164 valence electrons. The quantitative estimate of drug-likeness (QED) is 0.405. The summed E-state index contributed by atoms with van der Waals surface area (Å²) in [6.45, 7) is 0.310. The van der Waals surface area contributed by atoms with E-state index in [4.69, 9.17) is 0 Å². The monoisotopic (exact) mass is 485 g/mol. The number of hydrogen-bond acceptors (Lipinski definition) is 7. The molecule has 1 fully saturated rings. The normalized spacial score (nSPS) is 17.1. The van der Waals surface area contributed by atoms with Crippen molar-refractivity contribution < 1.29 is 18.3 Å². The molecule has 2 N–H and O–H groups in total.